The number of thiol groups is 1. The minimum atomic E-state index is -0.690. The maximum atomic E-state index is 13.1. The van der Waals surface area contributed by atoms with Gasteiger partial charge in [-0.15, -0.1) is 12.4 Å². The normalized spacial score (nSPS) is 12.3. The first-order chi connectivity index (χ1) is 14.5. The summed E-state index contributed by atoms with van der Waals surface area (Å²) in [7, 11) is 1.33. The van der Waals surface area contributed by atoms with Gasteiger partial charge in [-0.1, -0.05) is 30.3 Å². The molecule has 1 amide bonds. The first kappa shape index (κ1) is 27.2. The summed E-state index contributed by atoms with van der Waals surface area (Å²) in [4.78, 5) is 25.2. The minimum absolute atomic E-state index is 0. The number of rotatable bonds is 11. The smallest absolute Gasteiger partial charge is 0.328 e. The van der Waals surface area contributed by atoms with Gasteiger partial charge in [0.1, 0.15) is 6.04 Å². The zero-order valence-electron chi connectivity index (χ0n) is 17.7. The predicted octanol–water partition coefficient (Wildman–Crippen LogP) is 3.47. The summed E-state index contributed by atoms with van der Waals surface area (Å²) in [6.45, 7) is 0.572. The quantitative estimate of drug-likeness (QED) is 0.289. The van der Waals surface area contributed by atoms with E-state index in [0.717, 1.165) is 22.6 Å². The molecule has 0 aliphatic rings. The number of amides is 1. The van der Waals surface area contributed by atoms with E-state index in [4.69, 9.17) is 10.5 Å². The fraction of sp³-hybridized carbons (Fsp3) is 0.364. The van der Waals surface area contributed by atoms with Gasteiger partial charge in [-0.3, -0.25) is 4.79 Å². The molecule has 2 atom stereocenters. The summed E-state index contributed by atoms with van der Waals surface area (Å²) in [5, 5.41) is 6.12. The lowest BCUT2D eigenvalue weighted by Gasteiger charge is -2.19. The molecule has 2 unspecified atom stereocenters. The summed E-state index contributed by atoms with van der Waals surface area (Å²) in [5.74, 6) is 0.547. The van der Waals surface area contributed by atoms with Gasteiger partial charge in [0.25, 0.3) is 5.91 Å². The largest absolute Gasteiger partial charge is 0.467 e. The van der Waals surface area contributed by atoms with E-state index in [0.29, 0.717) is 24.3 Å². The molecule has 2 aromatic rings. The highest BCUT2D eigenvalue weighted by Crippen LogP contribution is 2.27. The highest BCUT2D eigenvalue weighted by molar-refractivity contribution is 7.98. The topological polar surface area (TPSA) is 93.4 Å². The van der Waals surface area contributed by atoms with Crippen LogP contribution in [0.2, 0.25) is 0 Å². The van der Waals surface area contributed by atoms with E-state index in [1.165, 1.54) is 7.11 Å². The second-order valence-corrected chi connectivity index (χ2v) is 8.13. The van der Waals surface area contributed by atoms with Gasteiger partial charge < -0.3 is 21.1 Å². The number of anilines is 1. The van der Waals surface area contributed by atoms with Crippen molar-refractivity contribution in [1.82, 2.24) is 5.32 Å². The third-order valence-electron chi connectivity index (χ3n) is 4.55. The van der Waals surface area contributed by atoms with Crippen molar-refractivity contribution < 1.29 is 14.3 Å². The number of ether oxygens (including phenoxy) is 1. The van der Waals surface area contributed by atoms with Gasteiger partial charge in [0.2, 0.25) is 0 Å². The molecule has 0 bridgehead atoms. The van der Waals surface area contributed by atoms with Gasteiger partial charge in [0.15, 0.2) is 0 Å². The summed E-state index contributed by atoms with van der Waals surface area (Å²) >= 11 is 5.82. The lowest BCUT2D eigenvalue weighted by molar-refractivity contribution is -0.142. The fourth-order valence-electron chi connectivity index (χ4n) is 2.89. The summed E-state index contributed by atoms with van der Waals surface area (Å²) in [6, 6.07) is 14.4. The van der Waals surface area contributed by atoms with Gasteiger partial charge in [-0.05, 0) is 47.8 Å². The van der Waals surface area contributed by atoms with Crippen molar-refractivity contribution in [2.45, 2.75) is 18.5 Å². The maximum Gasteiger partial charge on any atom is 0.328 e. The van der Waals surface area contributed by atoms with Crippen LogP contribution in [0.25, 0.3) is 11.1 Å². The lowest BCUT2D eigenvalue weighted by Crippen LogP contribution is -2.42. The SMILES string of the molecule is COC(=O)C(CCSC)NC(=O)c1ccc(NCC(N)CS)cc1-c1ccccc1.Cl. The number of thioether (sulfide) groups is 1. The van der Waals surface area contributed by atoms with Crippen molar-refractivity contribution in [3.8, 4) is 11.1 Å². The number of hydrogen-bond acceptors (Lipinski definition) is 7. The third-order valence-corrected chi connectivity index (χ3v) is 5.67. The van der Waals surface area contributed by atoms with E-state index in [9.17, 15) is 9.59 Å². The van der Waals surface area contributed by atoms with Gasteiger partial charge in [0.05, 0.1) is 7.11 Å². The summed E-state index contributed by atoms with van der Waals surface area (Å²) in [5.41, 5.74) is 8.96. The van der Waals surface area contributed by atoms with E-state index >= 15 is 0 Å². The lowest BCUT2D eigenvalue weighted by atomic mass is 9.98. The van der Waals surface area contributed by atoms with Crippen LogP contribution >= 0.6 is 36.8 Å². The molecule has 31 heavy (non-hydrogen) atoms. The third kappa shape index (κ3) is 8.29. The number of carbonyl (C=O) groups excluding carboxylic acids is 2. The van der Waals surface area contributed by atoms with Crippen molar-refractivity contribution in [2.24, 2.45) is 5.73 Å². The number of hydrogen-bond donors (Lipinski definition) is 4. The average Bonchev–Trinajstić information content (AvgIpc) is 2.79. The Bertz CT molecular complexity index is 840. The van der Waals surface area contributed by atoms with E-state index in [1.54, 1.807) is 17.8 Å². The average molecular weight is 484 g/mol. The van der Waals surface area contributed by atoms with E-state index in [1.807, 2.05) is 48.7 Å². The number of halogens is 1. The number of esters is 1. The van der Waals surface area contributed by atoms with Crippen molar-refractivity contribution in [3.63, 3.8) is 0 Å². The molecule has 0 saturated carbocycles. The molecule has 0 heterocycles. The summed E-state index contributed by atoms with van der Waals surface area (Å²) < 4.78 is 4.85. The van der Waals surface area contributed by atoms with E-state index < -0.39 is 12.0 Å². The Labute approximate surface area is 199 Å². The monoisotopic (exact) mass is 483 g/mol. The second kappa shape index (κ2) is 14.2. The van der Waals surface area contributed by atoms with Gasteiger partial charge in [-0.2, -0.15) is 24.4 Å². The van der Waals surface area contributed by atoms with Crippen molar-refractivity contribution in [3.05, 3.63) is 54.1 Å². The van der Waals surface area contributed by atoms with Gasteiger partial charge >= 0.3 is 5.97 Å². The van der Waals surface area contributed by atoms with Crippen LogP contribution in [-0.4, -0.2) is 55.4 Å². The number of nitrogens with one attached hydrogen (secondary N) is 2. The molecular weight excluding hydrogens is 454 g/mol. The van der Waals surface area contributed by atoms with Crippen LogP contribution in [-0.2, 0) is 9.53 Å². The number of nitrogens with two attached hydrogens (primary N) is 1. The van der Waals surface area contributed by atoms with Crippen molar-refractivity contribution >= 4 is 54.4 Å². The Balaban J connectivity index is 0.00000480. The van der Waals surface area contributed by atoms with Crippen LogP contribution < -0.4 is 16.4 Å². The van der Waals surface area contributed by atoms with Crippen LogP contribution in [0, 0.1) is 0 Å². The Morgan fingerprint density at radius 1 is 1.19 bits per heavy atom. The molecule has 0 aromatic heterocycles. The Morgan fingerprint density at radius 3 is 2.52 bits per heavy atom. The van der Waals surface area contributed by atoms with Gasteiger partial charge in [-0.25, -0.2) is 4.79 Å². The Kier molecular flexibility index (Phi) is 12.5. The highest BCUT2D eigenvalue weighted by Gasteiger charge is 2.23. The molecule has 2 aromatic carbocycles. The molecule has 0 aliphatic heterocycles. The molecule has 0 radical (unpaired) electrons. The van der Waals surface area contributed by atoms with E-state index in [-0.39, 0.29) is 24.4 Å². The molecule has 0 aliphatic carbocycles. The molecule has 0 fully saturated rings. The number of benzene rings is 2. The second-order valence-electron chi connectivity index (χ2n) is 6.78. The molecule has 6 nitrogen and oxygen atoms in total. The van der Waals surface area contributed by atoms with Crippen molar-refractivity contribution in [1.29, 1.82) is 0 Å². The summed E-state index contributed by atoms with van der Waals surface area (Å²) in [6.07, 6.45) is 2.45. The molecule has 4 N–H and O–H groups in total. The molecule has 2 rings (SSSR count). The first-order valence-electron chi connectivity index (χ1n) is 9.67. The zero-order valence-corrected chi connectivity index (χ0v) is 20.2. The van der Waals surface area contributed by atoms with Crippen molar-refractivity contribution in [2.75, 3.05) is 36.7 Å². The van der Waals surface area contributed by atoms with Crippen LogP contribution in [0.4, 0.5) is 5.69 Å². The van der Waals surface area contributed by atoms with E-state index in [2.05, 4.69) is 23.3 Å². The Hall–Kier alpha value is -1.87. The van der Waals surface area contributed by atoms with Crippen LogP contribution in [0.3, 0.4) is 0 Å². The molecule has 0 saturated heterocycles. The van der Waals surface area contributed by atoms with Crippen LogP contribution in [0.1, 0.15) is 16.8 Å². The number of carbonyl (C=O) groups is 2. The zero-order chi connectivity index (χ0) is 21.9. The molecule has 0 spiro atoms. The number of methoxy groups -OCH3 is 1. The maximum absolute atomic E-state index is 13.1. The first-order valence-corrected chi connectivity index (χ1v) is 11.7. The molecule has 170 valence electrons. The highest BCUT2D eigenvalue weighted by atomic mass is 35.5. The fourth-order valence-corrected chi connectivity index (χ4v) is 3.49. The standard InChI is InChI=1S/C22H29N3O3S2.ClH/c1-28-22(27)20(10-11-30-2)25-21(26)18-9-8-17(24-13-16(23)14-29)12-19(18)15-6-4-3-5-7-15;/h3-9,12,16,20,24,29H,10-11,13-14,23H2,1-2H3,(H,25,26);1H. The van der Waals surface area contributed by atoms with Gasteiger partial charge in [0, 0.05) is 29.6 Å². The predicted molar refractivity (Wildman–Crippen MR) is 136 cm³/mol. The minimum Gasteiger partial charge on any atom is -0.467 e. The van der Waals surface area contributed by atoms with Crippen LogP contribution in [0.15, 0.2) is 48.5 Å². The molecule has 9 heteroatoms. The van der Waals surface area contributed by atoms with Crippen LogP contribution in [0.5, 0.6) is 0 Å². The molecular formula is C22H30ClN3O3S2. The Morgan fingerprint density at radius 2 is 1.90 bits per heavy atom.